The van der Waals surface area contributed by atoms with Crippen LogP contribution < -0.4 is 53.2 Å². The van der Waals surface area contributed by atoms with Crippen molar-refractivity contribution in [2.45, 2.75) is 153 Å². The first-order valence-electron chi connectivity index (χ1n) is 37.5. The van der Waals surface area contributed by atoms with E-state index in [1.54, 1.807) is 56.4 Å². The van der Waals surface area contributed by atoms with Crippen molar-refractivity contribution in [3.63, 3.8) is 0 Å². The van der Waals surface area contributed by atoms with E-state index >= 15 is 0 Å². The fraction of sp³-hybridized carbons (Fsp3) is 0.638. The highest BCUT2D eigenvalue weighted by Crippen LogP contribution is 2.47. The molecule has 35 nitrogen and oxygen atoms in total. The second-order valence-corrected chi connectivity index (χ2v) is 36.1. The first kappa shape index (κ1) is 78.1. The lowest BCUT2D eigenvalue weighted by Gasteiger charge is -2.41. The maximum atomic E-state index is 13.6. The van der Waals surface area contributed by atoms with Crippen LogP contribution in [0.1, 0.15) is 91.9 Å². The topological polar surface area (TPSA) is 408 Å². The van der Waals surface area contributed by atoms with E-state index in [9.17, 15) is 4.39 Å². The first-order chi connectivity index (χ1) is 53.0. The molecule has 10 fully saturated rings. The van der Waals surface area contributed by atoms with E-state index in [0.29, 0.717) is 6.61 Å². The minimum atomic E-state index is -1.34. The minimum Gasteiger partial charge on any atom is -0.376 e. The number of hydrogen-bond donors (Lipinski definition) is 5. The largest absolute Gasteiger partial charge is 0.376 e. The van der Waals surface area contributed by atoms with Crippen molar-refractivity contribution >= 4 is 151 Å². The highest BCUT2D eigenvalue weighted by Gasteiger charge is 2.53. The summed E-state index contributed by atoms with van der Waals surface area (Å²) in [7, 11) is 0. The average molecular weight is 1930 g/mol. The summed E-state index contributed by atoms with van der Waals surface area (Å²) in [6.45, 7) is 20.8. The number of alkyl halides is 1. The molecule has 0 saturated carbocycles. The van der Waals surface area contributed by atoms with E-state index in [1.165, 1.54) is 0 Å². The average Bonchev–Trinajstić information content (AvgIpc) is 1.37. The molecule has 0 aromatic carbocycles. The number of aromatic nitrogens is 20. The number of nitrogens with zero attached hydrogens (tertiary/aromatic N) is 25. The molecule has 10 aromatic rings. The number of ether oxygens (including phenoxy) is 5. The lowest BCUT2D eigenvalue weighted by molar-refractivity contribution is 0.0000404. The zero-order chi connectivity index (χ0) is 76.6. The normalized spacial score (nSPS) is 27.9. The van der Waals surface area contributed by atoms with E-state index in [1.807, 2.05) is 28.2 Å². The van der Waals surface area contributed by atoms with Crippen LogP contribution in [-0.2, 0) is 23.7 Å². The monoisotopic (exact) mass is 1930 g/mol. The Morgan fingerprint density at radius 3 is 0.764 bits per heavy atom. The van der Waals surface area contributed by atoms with Crippen molar-refractivity contribution in [3.8, 4) is 0 Å². The fourth-order valence-corrected chi connectivity index (χ4v) is 20.0. The van der Waals surface area contributed by atoms with Crippen LogP contribution in [0, 0.1) is 34.2 Å². The van der Waals surface area contributed by atoms with Crippen molar-refractivity contribution in [2.75, 3.05) is 123 Å². The van der Waals surface area contributed by atoms with Crippen LogP contribution in [0.3, 0.4) is 0 Å². The molecule has 10 aliphatic heterocycles. The quantitative estimate of drug-likeness (QED) is 0.129. The SMILES string of the molecule is C[C@@H]1OCC2(CCN(c3ncc(Br)c4nncn34)CC2)[C@@H]1N.C[C@@H]1OCC2(CCN(c3ncc(Br)c4nncn34)CC2)[C@@H]1N.C[C@@H]1OCC2(CCN(c3ncc(I)c4nncn34)CC2)[C@@H]1N.C[C@H]1OCC2(CCN(c3ncc(Br)c4nncn34)CC2)[C@@H]1N.N[C@@H]1[C@@H](F)OCC12CCN(c1ncc(I)c3nncn13)CC2. The van der Waals surface area contributed by atoms with Gasteiger partial charge in [0.15, 0.2) is 28.2 Å². The molecule has 0 amide bonds. The van der Waals surface area contributed by atoms with Gasteiger partial charge in [-0.15, -0.1) is 51.0 Å². The summed E-state index contributed by atoms with van der Waals surface area (Å²) in [5.41, 5.74) is 35.8. The van der Waals surface area contributed by atoms with Gasteiger partial charge in [-0.1, -0.05) is 0 Å². The minimum absolute atomic E-state index is 0.123. The van der Waals surface area contributed by atoms with Gasteiger partial charge in [0.25, 0.3) is 0 Å². The molecule has 0 unspecified atom stereocenters. The molecule has 10 saturated heterocycles. The van der Waals surface area contributed by atoms with E-state index in [2.05, 4.69) is 221 Å². The van der Waals surface area contributed by atoms with Crippen molar-refractivity contribution in [2.24, 2.45) is 55.7 Å². The van der Waals surface area contributed by atoms with E-state index in [0.717, 1.165) is 235 Å². The maximum Gasteiger partial charge on any atom is 0.214 e. The van der Waals surface area contributed by atoms with Gasteiger partial charge < -0.3 is 76.9 Å². The number of piperidine rings is 5. The maximum absolute atomic E-state index is 13.6. The fourth-order valence-electron chi connectivity index (χ4n) is 17.9. The summed E-state index contributed by atoms with van der Waals surface area (Å²) >= 11 is 14.8. The van der Waals surface area contributed by atoms with Crippen molar-refractivity contribution in [1.82, 2.24) is 97.9 Å². The Morgan fingerprint density at radius 2 is 0.545 bits per heavy atom. The number of nitrogens with two attached hydrogens (primary N) is 5. The molecule has 0 bridgehead atoms. The molecule has 5 spiro atoms. The summed E-state index contributed by atoms with van der Waals surface area (Å²) < 4.78 is 56.0. The van der Waals surface area contributed by atoms with Crippen LogP contribution in [0.25, 0.3) is 28.2 Å². The molecular weight excluding hydrogens is 1840 g/mol. The molecule has 590 valence electrons. The van der Waals surface area contributed by atoms with Gasteiger partial charge in [-0.3, -0.25) is 8.80 Å². The molecule has 10 aliphatic rings. The van der Waals surface area contributed by atoms with Crippen LogP contribution in [0.5, 0.6) is 0 Å². The molecule has 0 radical (unpaired) electrons. The van der Waals surface area contributed by atoms with Gasteiger partial charge in [0.1, 0.15) is 31.6 Å². The molecule has 110 heavy (non-hydrogen) atoms. The number of fused-ring (bicyclic) bond motifs is 5. The molecule has 10 atom stereocenters. The Hall–Kier alpha value is -5.82. The van der Waals surface area contributed by atoms with E-state index in [4.69, 9.17) is 52.4 Å². The summed E-state index contributed by atoms with van der Waals surface area (Å²) in [6, 6.07) is -0.0177. The van der Waals surface area contributed by atoms with Gasteiger partial charge in [-0.05, 0) is 185 Å². The van der Waals surface area contributed by atoms with Crippen LogP contribution in [0.15, 0.2) is 76.0 Å². The molecule has 41 heteroatoms. The van der Waals surface area contributed by atoms with Gasteiger partial charge in [0.05, 0.1) is 84.1 Å². The van der Waals surface area contributed by atoms with Gasteiger partial charge in [-0.2, -0.15) is 0 Å². The number of halogens is 6. The summed E-state index contributed by atoms with van der Waals surface area (Å²) in [6.07, 6.45) is 26.7. The lowest BCUT2D eigenvalue weighted by atomic mass is 9.73. The third-order valence-electron chi connectivity index (χ3n) is 25.5. The Labute approximate surface area is 686 Å². The second-order valence-electron chi connectivity index (χ2n) is 31.3. The lowest BCUT2D eigenvalue weighted by Crippen LogP contribution is -2.51. The Balaban J connectivity index is 0.000000104. The number of hydrogen-bond acceptors (Lipinski definition) is 30. The number of anilines is 5. The van der Waals surface area contributed by atoms with Crippen LogP contribution in [0.2, 0.25) is 0 Å². The predicted octanol–water partition coefficient (Wildman–Crippen LogP) is 5.69. The zero-order valence-corrected chi connectivity index (χ0v) is 70.7. The second kappa shape index (κ2) is 31.8. The predicted molar refractivity (Wildman–Crippen MR) is 434 cm³/mol. The van der Waals surface area contributed by atoms with Gasteiger partial charge in [0, 0.05) is 148 Å². The van der Waals surface area contributed by atoms with Crippen LogP contribution in [0.4, 0.5) is 34.1 Å². The smallest absolute Gasteiger partial charge is 0.214 e. The molecule has 0 aliphatic carbocycles. The van der Waals surface area contributed by atoms with Crippen LogP contribution >= 0.6 is 93.0 Å². The third kappa shape index (κ3) is 14.4. The van der Waals surface area contributed by atoms with Gasteiger partial charge >= 0.3 is 0 Å². The summed E-state index contributed by atoms with van der Waals surface area (Å²) in [5.74, 6) is 4.39. The molecular formula is C69H92Br3FI2N30O5. The Morgan fingerprint density at radius 1 is 0.336 bits per heavy atom. The zero-order valence-electron chi connectivity index (χ0n) is 61.6. The van der Waals surface area contributed by atoms with Crippen molar-refractivity contribution < 1.29 is 28.1 Å². The Kier molecular flexibility index (Phi) is 22.5. The third-order valence-corrected chi connectivity index (χ3v) is 28.7. The van der Waals surface area contributed by atoms with Gasteiger partial charge in [-0.25, -0.2) is 42.5 Å². The highest BCUT2D eigenvalue weighted by atomic mass is 127. The first-order valence-corrected chi connectivity index (χ1v) is 42.0. The van der Waals surface area contributed by atoms with Crippen LogP contribution in [-0.4, -0.2) is 257 Å². The summed E-state index contributed by atoms with van der Waals surface area (Å²) in [5, 5.41) is 40.6. The molecule has 20 rings (SSSR count). The highest BCUT2D eigenvalue weighted by molar-refractivity contribution is 14.1. The van der Waals surface area contributed by atoms with E-state index in [-0.39, 0.29) is 75.7 Å². The standard InChI is InChI=1S/3C14H19BrN6O.C14H19IN6O.C13H16FIN6O/c4*1-9-11(16)14(7-22-9)2-4-20(5-3-14)13-17-6-10(15)12-19-18-8-21(12)13;14-10-9(16)13(6-22-10)1-3-20(4-2-13)12-17-5-8(15)11-19-18-7-21(11)12/h4*6,8-9,11H,2-5,7,16H2,1H3;5,7,9-10H,1-4,6,16H2/t2*9-,11+;9-,11-;9-,11+;9-,10+/m00101/s1. The number of rotatable bonds is 5. The van der Waals surface area contributed by atoms with E-state index < -0.39 is 12.4 Å². The van der Waals surface area contributed by atoms with Gasteiger partial charge in [0.2, 0.25) is 36.1 Å². The molecule has 20 heterocycles. The van der Waals surface area contributed by atoms with Crippen molar-refractivity contribution in [1.29, 1.82) is 0 Å². The summed E-state index contributed by atoms with van der Waals surface area (Å²) in [4.78, 5) is 34.1. The molecule has 10 N–H and O–H groups in total. The Bertz CT molecular complexity index is 4190. The van der Waals surface area contributed by atoms with Crippen molar-refractivity contribution in [3.05, 3.63) is 83.2 Å². The molecule has 10 aromatic heterocycles.